The molecule has 0 fully saturated rings. The molecule has 2 heterocycles. The minimum atomic E-state index is -2.93. The van der Waals surface area contributed by atoms with E-state index in [1.807, 2.05) is 24.3 Å². The number of nitrogens with zero attached hydrogens (tertiary/aromatic N) is 3. The van der Waals surface area contributed by atoms with Crippen LogP contribution < -0.4 is 17.0 Å². The largest absolute Gasteiger partial charge is 0.404 e. The number of aromatic nitrogens is 2. The van der Waals surface area contributed by atoms with Crippen molar-refractivity contribution in [2.75, 3.05) is 7.05 Å². The van der Waals surface area contributed by atoms with Crippen molar-refractivity contribution in [3.05, 3.63) is 80.2 Å². The van der Waals surface area contributed by atoms with E-state index in [-0.39, 0.29) is 23.0 Å². The van der Waals surface area contributed by atoms with Crippen molar-refractivity contribution in [2.45, 2.75) is 13.0 Å². The molecule has 0 spiro atoms. The predicted octanol–water partition coefficient (Wildman–Crippen LogP) is 3.82. The van der Waals surface area contributed by atoms with Crippen LogP contribution >= 0.6 is 11.3 Å². The molecule has 0 amide bonds. The molecule has 166 valence electrons. The van der Waals surface area contributed by atoms with Crippen molar-refractivity contribution in [1.82, 2.24) is 10.2 Å². The Labute approximate surface area is 190 Å². The van der Waals surface area contributed by atoms with Crippen molar-refractivity contribution in [3.63, 3.8) is 0 Å². The quantitative estimate of drug-likeness (QED) is 0.386. The Bertz CT molecular complexity index is 1540. The molecular formula is C23H18F2N6OS. The molecule has 0 aliphatic heterocycles. The number of nitriles is 1. The number of aromatic amines is 1. The van der Waals surface area contributed by atoms with Crippen molar-refractivity contribution < 1.29 is 8.78 Å². The smallest absolute Gasteiger partial charge is 0.272 e. The number of hydrogen-bond acceptors (Lipinski definition) is 7. The third-order valence-electron chi connectivity index (χ3n) is 5.31. The van der Waals surface area contributed by atoms with Crippen LogP contribution in [-0.2, 0) is 6.54 Å². The molecule has 0 saturated heterocycles. The Morgan fingerprint density at radius 2 is 2.09 bits per heavy atom. The van der Waals surface area contributed by atoms with E-state index in [4.69, 9.17) is 11.5 Å². The highest BCUT2D eigenvalue weighted by Crippen LogP contribution is 2.36. The third-order valence-corrected chi connectivity index (χ3v) is 6.48. The number of rotatable bonds is 5. The maximum atomic E-state index is 14.0. The third kappa shape index (κ3) is 3.67. The molecule has 10 heteroatoms. The zero-order valence-corrected chi connectivity index (χ0v) is 18.2. The van der Waals surface area contributed by atoms with Crippen LogP contribution in [-0.4, -0.2) is 23.0 Å². The van der Waals surface area contributed by atoms with E-state index in [2.05, 4.69) is 21.3 Å². The molecule has 0 unspecified atom stereocenters. The van der Waals surface area contributed by atoms with Crippen molar-refractivity contribution in [2.24, 2.45) is 16.5 Å². The molecule has 0 atom stereocenters. The second-order valence-electron chi connectivity index (χ2n) is 7.06. The van der Waals surface area contributed by atoms with E-state index >= 15 is 0 Å². The maximum Gasteiger partial charge on any atom is 0.272 e. The van der Waals surface area contributed by atoms with Gasteiger partial charge in [-0.3, -0.25) is 9.79 Å². The first-order valence-corrected chi connectivity index (χ1v) is 10.6. The fourth-order valence-electron chi connectivity index (χ4n) is 3.84. The zero-order chi connectivity index (χ0) is 23.7. The van der Waals surface area contributed by atoms with Gasteiger partial charge < -0.3 is 11.5 Å². The molecule has 7 nitrogen and oxygen atoms in total. The molecule has 4 aromatic rings. The second kappa shape index (κ2) is 8.90. The Morgan fingerprint density at radius 3 is 2.73 bits per heavy atom. The Kier molecular flexibility index (Phi) is 6.00. The number of thiophene rings is 1. The molecule has 0 aliphatic carbocycles. The van der Waals surface area contributed by atoms with Gasteiger partial charge in [0.2, 0.25) is 0 Å². The average molecular weight is 465 g/mol. The first-order chi connectivity index (χ1) is 15.9. The Hall–Kier alpha value is -3.94. The molecule has 33 heavy (non-hydrogen) atoms. The van der Waals surface area contributed by atoms with Gasteiger partial charge in [0.1, 0.15) is 6.07 Å². The van der Waals surface area contributed by atoms with Gasteiger partial charge >= 0.3 is 0 Å². The lowest BCUT2D eigenvalue weighted by Gasteiger charge is -2.14. The van der Waals surface area contributed by atoms with Gasteiger partial charge in [0, 0.05) is 46.4 Å². The average Bonchev–Trinajstić information content (AvgIpc) is 3.20. The Balaban J connectivity index is 2.01. The van der Waals surface area contributed by atoms with Gasteiger partial charge in [0.15, 0.2) is 0 Å². The van der Waals surface area contributed by atoms with Crippen molar-refractivity contribution >= 4 is 43.5 Å². The molecule has 4 rings (SSSR count). The topological polar surface area (TPSA) is 134 Å². The summed E-state index contributed by atoms with van der Waals surface area (Å²) < 4.78 is 28.9. The van der Waals surface area contributed by atoms with E-state index in [9.17, 15) is 18.8 Å². The summed E-state index contributed by atoms with van der Waals surface area (Å²) in [4.78, 5) is 17.3. The normalized spacial score (nSPS) is 12.6. The summed E-state index contributed by atoms with van der Waals surface area (Å²) in [6.45, 7) is -0.0648. The summed E-state index contributed by atoms with van der Waals surface area (Å²) >= 11 is 1.36. The van der Waals surface area contributed by atoms with E-state index in [0.717, 1.165) is 10.1 Å². The molecule has 0 radical (unpaired) electrons. The lowest BCUT2D eigenvalue weighted by atomic mass is 9.93. The summed E-state index contributed by atoms with van der Waals surface area (Å²) in [6.07, 6.45) is -1.67. The monoisotopic (exact) mass is 464 g/mol. The van der Waals surface area contributed by atoms with Crippen LogP contribution in [0, 0.1) is 11.3 Å². The predicted molar refractivity (Wildman–Crippen MR) is 126 cm³/mol. The van der Waals surface area contributed by atoms with Crippen LogP contribution in [0.3, 0.4) is 0 Å². The van der Waals surface area contributed by atoms with Crippen molar-refractivity contribution in [3.8, 4) is 6.07 Å². The second-order valence-corrected chi connectivity index (χ2v) is 8.11. The van der Waals surface area contributed by atoms with E-state index in [1.165, 1.54) is 30.7 Å². The van der Waals surface area contributed by atoms with E-state index in [1.54, 1.807) is 6.07 Å². The van der Waals surface area contributed by atoms with Crippen LogP contribution in [0.15, 0.2) is 52.4 Å². The molecule has 0 aliphatic rings. The van der Waals surface area contributed by atoms with Crippen LogP contribution in [0.1, 0.15) is 33.7 Å². The molecule has 2 aromatic heterocycles. The van der Waals surface area contributed by atoms with Crippen LogP contribution in [0.2, 0.25) is 0 Å². The summed E-state index contributed by atoms with van der Waals surface area (Å²) in [7, 11) is 1.54. The fraction of sp³-hybridized carbons (Fsp3) is 0.130. The summed E-state index contributed by atoms with van der Waals surface area (Å²) in [6, 6.07) is 12.4. The fourth-order valence-corrected chi connectivity index (χ4v) is 5.04. The summed E-state index contributed by atoms with van der Waals surface area (Å²) in [5, 5.41) is 16.8. The van der Waals surface area contributed by atoms with E-state index in [0.29, 0.717) is 27.3 Å². The number of alkyl halides is 2. The number of H-pyrrole nitrogens is 1. The number of benzene rings is 2. The van der Waals surface area contributed by atoms with Crippen LogP contribution in [0.25, 0.3) is 26.4 Å². The van der Waals surface area contributed by atoms with Gasteiger partial charge in [0.25, 0.3) is 12.0 Å². The van der Waals surface area contributed by atoms with Gasteiger partial charge in [-0.15, -0.1) is 11.3 Å². The number of nitrogens with one attached hydrogen (secondary N) is 1. The van der Waals surface area contributed by atoms with Gasteiger partial charge in [-0.2, -0.15) is 10.4 Å². The first-order valence-electron chi connectivity index (χ1n) is 9.79. The minimum absolute atomic E-state index is 0.0648. The highest BCUT2D eigenvalue weighted by Gasteiger charge is 2.24. The SMILES string of the molecule is CN=C(/C(=C\N)c1cc(C(F)F)c2c(=O)[nH]nc(CN)c2c1)c1sc2ccccc2c1C#N. The summed E-state index contributed by atoms with van der Waals surface area (Å²) in [5.74, 6) is 0. The van der Waals surface area contributed by atoms with Gasteiger partial charge in [-0.25, -0.2) is 13.9 Å². The highest BCUT2D eigenvalue weighted by atomic mass is 32.1. The number of aliphatic imine (C=N–C) groups is 1. The number of nitrogens with two attached hydrogens (primary N) is 2. The van der Waals surface area contributed by atoms with Crippen molar-refractivity contribution in [1.29, 1.82) is 5.26 Å². The lowest BCUT2D eigenvalue weighted by Crippen LogP contribution is -2.16. The van der Waals surface area contributed by atoms with Gasteiger partial charge in [-0.1, -0.05) is 18.2 Å². The summed E-state index contributed by atoms with van der Waals surface area (Å²) in [5.41, 5.74) is 12.2. The lowest BCUT2D eigenvalue weighted by molar-refractivity contribution is 0.153. The Morgan fingerprint density at radius 1 is 1.33 bits per heavy atom. The number of allylic oxidation sites excluding steroid dienone is 1. The number of halogens is 2. The molecule has 5 N–H and O–H groups in total. The van der Waals surface area contributed by atoms with Gasteiger partial charge in [-0.05, 0) is 23.8 Å². The van der Waals surface area contributed by atoms with Gasteiger partial charge in [0.05, 0.1) is 27.2 Å². The first kappa shape index (κ1) is 22.3. The molecule has 0 bridgehead atoms. The van der Waals surface area contributed by atoms with E-state index < -0.39 is 17.5 Å². The van der Waals surface area contributed by atoms with Crippen LogP contribution in [0.4, 0.5) is 8.78 Å². The standard InChI is InChI=1S/C23H18F2N6OS/c1-29-20(21-16(9-27)12-4-2-3-5-18(12)33-21)15(8-26)11-6-13-17(10-28)30-31-23(32)19(13)14(7-11)22(24)25/h2-8,22H,10,26,28H2,1H3,(H,31,32)/b15-8-,29-20?. The highest BCUT2D eigenvalue weighted by molar-refractivity contribution is 7.21. The minimum Gasteiger partial charge on any atom is -0.404 e. The number of fused-ring (bicyclic) bond motifs is 2. The maximum absolute atomic E-state index is 14.0. The molecular weight excluding hydrogens is 446 g/mol. The zero-order valence-electron chi connectivity index (χ0n) is 17.4. The molecule has 2 aromatic carbocycles. The van der Waals surface area contributed by atoms with Crippen LogP contribution in [0.5, 0.6) is 0 Å². The number of hydrogen-bond donors (Lipinski definition) is 3. The molecule has 0 saturated carbocycles.